The Morgan fingerprint density at radius 1 is 1.00 bits per heavy atom. The number of nitrogens with one attached hydrogen (secondary N) is 1. The van der Waals surface area contributed by atoms with Crippen LogP contribution in [0.2, 0.25) is 0 Å². The van der Waals surface area contributed by atoms with Crippen molar-refractivity contribution in [3.63, 3.8) is 0 Å². The van der Waals surface area contributed by atoms with E-state index in [1.54, 1.807) is 0 Å². The summed E-state index contributed by atoms with van der Waals surface area (Å²) in [5.74, 6) is -5.40. The van der Waals surface area contributed by atoms with Gasteiger partial charge in [-0.2, -0.15) is 8.78 Å². The van der Waals surface area contributed by atoms with E-state index in [1.165, 1.54) is 30.3 Å². The quantitative estimate of drug-likeness (QED) is 0.498. The summed E-state index contributed by atoms with van der Waals surface area (Å²) in [4.78, 5) is 11.6. The van der Waals surface area contributed by atoms with Crippen molar-refractivity contribution < 1.29 is 31.5 Å². The van der Waals surface area contributed by atoms with Crippen LogP contribution in [-0.2, 0) is 4.79 Å². The number of anilines is 1. The van der Waals surface area contributed by atoms with Gasteiger partial charge in [0, 0.05) is 6.08 Å². The van der Waals surface area contributed by atoms with Crippen LogP contribution in [0.4, 0.5) is 27.6 Å². The van der Waals surface area contributed by atoms with Gasteiger partial charge in [-0.15, -0.1) is 0 Å². The van der Waals surface area contributed by atoms with Gasteiger partial charge in [0.2, 0.25) is 5.91 Å². The lowest BCUT2D eigenvalue weighted by molar-refractivity contribution is -0.111. The van der Waals surface area contributed by atoms with E-state index < -0.39 is 35.7 Å². The summed E-state index contributed by atoms with van der Waals surface area (Å²) in [6, 6.07) is 6.95. The van der Waals surface area contributed by atoms with E-state index in [0.29, 0.717) is 11.6 Å². The maximum Gasteiger partial charge on any atom is 0.387 e. The number of alkyl halides is 2. The standard InChI is InChI=1S/C16H10F5NO2/c17-11-6-7-12(15(19)14(11)18)22-13(23)8-3-9-1-4-10(5-2-9)24-16(20)21/h1-8,16H,(H,22,23). The second kappa shape index (κ2) is 7.58. The second-order valence-corrected chi connectivity index (χ2v) is 4.49. The second-order valence-electron chi connectivity index (χ2n) is 4.49. The van der Waals surface area contributed by atoms with Crippen molar-refractivity contribution in [3.8, 4) is 5.75 Å². The molecule has 8 heteroatoms. The van der Waals surface area contributed by atoms with Crippen molar-refractivity contribution in [3.05, 3.63) is 65.5 Å². The highest BCUT2D eigenvalue weighted by Gasteiger charge is 2.14. The number of hydrogen-bond donors (Lipinski definition) is 1. The van der Waals surface area contributed by atoms with E-state index >= 15 is 0 Å². The molecule has 1 N–H and O–H groups in total. The third-order valence-electron chi connectivity index (χ3n) is 2.83. The molecule has 0 saturated carbocycles. The number of rotatable bonds is 5. The van der Waals surface area contributed by atoms with Gasteiger partial charge < -0.3 is 10.1 Å². The normalized spacial score (nSPS) is 11.1. The highest BCUT2D eigenvalue weighted by Crippen LogP contribution is 2.20. The van der Waals surface area contributed by atoms with Crippen molar-refractivity contribution in [1.82, 2.24) is 0 Å². The van der Waals surface area contributed by atoms with Crippen LogP contribution in [0.15, 0.2) is 42.5 Å². The number of halogens is 5. The first-order valence-electron chi connectivity index (χ1n) is 6.54. The van der Waals surface area contributed by atoms with Crippen LogP contribution in [0.3, 0.4) is 0 Å². The zero-order chi connectivity index (χ0) is 17.7. The van der Waals surface area contributed by atoms with Gasteiger partial charge >= 0.3 is 6.61 Å². The fraction of sp³-hybridized carbons (Fsp3) is 0.0625. The van der Waals surface area contributed by atoms with Crippen LogP contribution >= 0.6 is 0 Å². The van der Waals surface area contributed by atoms with Crippen molar-refractivity contribution in [2.75, 3.05) is 5.32 Å². The molecule has 0 radical (unpaired) electrons. The molecule has 0 aliphatic carbocycles. The number of hydrogen-bond acceptors (Lipinski definition) is 2. The first-order valence-corrected chi connectivity index (χ1v) is 6.54. The summed E-state index contributed by atoms with van der Waals surface area (Å²) in [6.07, 6.45) is 2.34. The lowest BCUT2D eigenvalue weighted by Crippen LogP contribution is -2.10. The summed E-state index contributed by atoms with van der Waals surface area (Å²) in [7, 11) is 0. The zero-order valence-corrected chi connectivity index (χ0v) is 11.9. The molecule has 0 unspecified atom stereocenters. The van der Waals surface area contributed by atoms with Gasteiger partial charge in [0.05, 0.1) is 5.69 Å². The Morgan fingerprint density at radius 2 is 1.67 bits per heavy atom. The molecule has 2 aromatic rings. The number of amides is 1. The Balaban J connectivity index is 2.02. The fourth-order valence-corrected chi connectivity index (χ4v) is 1.73. The maximum absolute atomic E-state index is 13.4. The summed E-state index contributed by atoms with van der Waals surface area (Å²) in [5, 5.41) is 2.05. The molecule has 1 amide bonds. The van der Waals surface area contributed by atoms with Crippen LogP contribution in [0.25, 0.3) is 6.08 Å². The van der Waals surface area contributed by atoms with Crippen LogP contribution in [0, 0.1) is 17.5 Å². The largest absolute Gasteiger partial charge is 0.435 e. The molecule has 126 valence electrons. The Labute approximate surface area is 133 Å². The summed E-state index contributed by atoms with van der Waals surface area (Å²) < 4.78 is 67.4. The molecule has 0 aliphatic heterocycles. The fourth-order valence-electron chi connectivity index (χ4n) is 1.73. The predicted octanol–water partition coefficient (Wildman–Crippen LogP) is 4.36. The van der Waals surface area contributed by atoms with Crippen LogP contribution in [0.5, 0.6) is 5.75 Å². The molecule has 2 aromatic carbocycles. The van der Waals surface area contributed by atoms with Gasteiger partial charge in [0.25, 0.3) is 0 Å². The van der Waals surface area contributed by atoms with Crippen molar-refractivity contribution >= 4 is 17.7 Å². The first-order chi connectivity index (χ1) is 11.4. The number of ether oxygens (including phenoxy) is 1. The summed E-state index contributed by atoms with van der Waals surface area (Å²) in [5.41, 5.74) is -0.0262. The minimum atomic E-state index is -2.94. The lowest BCUT2D eigenvalue weighted by Gasteiger charge is -2.05. The van der Waals surface area contributed by atoms with Crippen molar-refractivity contribution in [2.45, 2.75) is 6.61 Å². The summed E-state index contributed by atoms with van der Waals surface area (Å²) >= 11 is 0. The smallest absolute Gasteiger partial charge is 0.387 e. The Bertz CT molecular complexity index is 760. The average Bonchev–Trinajstić information content (AvgIpc) is 2.54. The van der Waals surface area contributed by atoms with E-state index in [0.717, 1.165) is 12.1 Å². The highest BCUT2D eigenvalue weighted by molar-refractivity contribution is 6.02. The topological polar surface area (TPSA) is 38.3 Å². The van der Waals surface area contributed by atoms with Gasteiger partial charge in [-0.25, -0.2) is 13.2 Å². The minimum Gasteiger partial charge on any atom is -0.435 e. The summed E-state index contributed by atoms with van der Waals surface area (Å²) in [6.45, 7) is -2.94. The van der Waals surface area contributed by atoms with Gasteiger partial charge in [0.1, 0.15) is 5.75 Å². The molecule has 0 heterocycles. The Morgan fingerprint density at radius 3 is 2.29 bits per heavy atom. The molecule has 0 saturated heterocycles. The average molecular weight is 343 g/mol. The molecule has 0 spiro atoms. The van der Waals surface area contributed by atoms with E-state index in [2.05, 4.69) is 10.1 Å². The third kappa shape index (κ3) is 4.55. The Hall–Kier alpha value is -2.90. The van der Waals surface area contributed by atoms with Crippen molar-refractivity contribution in [2.24, 2.45) is 0 Å². The molecule has 0 bridgehead atoms. The Kier molecular flexibility index (Phi) is 5.51. The number of carbonyl (C=O) groups excluding carboxylic acids is 1. The molecular formula is C16H10F5NO2. The van der Waals surface area contributed by atoms with Gasteiger partial charge in [-0.3, -0.25) is 4.79 Å². The van der Waals surface area contributed by atoms with Gasteiger partial charge in [-0.05, 0) is 35.9 Å². The molecular weight excluding hydrogens is 333 g/mol. The maximum atomic E-state index is 13.4. The van der Waals surface area contributed by atoms with E-state index in [9.17, 15) is 26.7 Å². The van der Waals surface area contributed by atoms with Crippen LogP contribution in [0.1, 0.15) is 5.56 Å². The minimum absolute atomic E-state index is 0.0459. The van der Waals surface area contributed by atoms with E-state index in [4.69, 9.17) is 0 Å². The monoisotopic (exact) mass is 343 g/mol. The first kappa shape index (κ1) is 17.5. The number of carbonyl (C=O) groups is 1. The molecule has 0 aromatic heterocycles. The van der Waals surface area contributed by atoms with E-state index in [-0.39, 0.29) is 5.75 Å². The van der Waals surface area contributed by atoms with Crippen LogP contribution in [-0.4, -0.2) is 12.5 Å². The molecule has 3 nitrogen and oxygen atoms in total. The molecule has 24 heavy (non-hydrogen) atoms. The predicted molar refractivity (Wildman–Crippen MR) is 77.1 cm³/mol. The molecule has 0 fully saturated rings. The third-order valence-corrected chi connectivity index (χ3v) is 2.83. The lowest BCUT2D eigenvalue weighted by atomic mass is 10.2. The van der Waals surface area contributed by atoms with Crippen LogP contribution < -0.4 is 10.1 Å². The highest BCUT2D eigenvalue weighted by atomic mass is 19.3. The zero-order valence-electron chi connectivity index (χ0n) is 11.9. The van der Waals surface area contributed by atoms with Crippen molar-refractivity contribution in [1.29, 1.82) is 0 Å². The molecule has 0 aliphatic rings. The SMILES string of the molecule is O=C(C=Cc1ccc(OC(F)F)cc1)Nc1ccc(F)c(F)c1F. The van der Waals surface area contributed by atoms with Gasteiger partial charge in [-0.1, -0.05) is 12.1 Å². The van der Waals surface area contributed by atoms with Gasteiger partial charge in [0.15, 0.2) is 17.5 Å². The molecule has 2 rings (SSSR count). The number of benzene rings is 2. The van der Waals surface area contributed by atoms with E-state index in [1.807, 2.05) is 0 Å². The molecule has 0 atom stereocenters.